The summed E-state index contributed by atoms with van der Waals surface area (Å²) in [6, 6.07) is 6.33. The van der Waals surface area contributed by atoms with Crippen LogP contribution in [-0.2, 0) is 12.8 Å². The fourth-order valence-corrected chi connectivity index (χ4v) is 4.60. The van der Waals surface area contributed by atoms with Crippen molar-refractivity contribution in [3.63, 3.8) is 0 Å². The summed E-state index contributed by atoms with van der Waals surface area (Å²) in [5.74, 6) is 0. The van der Waals surface area contributed by atoms with Crippen LogP contribution in [0.4, 0.5) is 5.00 Å². The maximum atomic E-state index is 9.25. The van der Waals surface area contributed by atoms with E-state index in [1.54, 1.807) is 22.7 Å². The van der Waals surface area contributed by atoms with E-state index < -0.39 is 0 Å². The quantitative estimate of drug-likeness (QED) is 0.733. The molecule has 0 radical (unpaired) electrons. The summed E-state index contributed by atoms with van der Waals surface area (Å²) in [6.07, 6.45) is 5.17. The van der Waals surface area contributed by atoms with Crippen molar-refractivity contribution in [2.45, 2.75) is 19.3 Å². The van der Waals surface area contributed by atoms with E-state index in [1.165, 1.54) is 16.9 Å². The van der Waals surface area contributed by atoms with Gasteiger partial charge in [0.05, 0.1) is 9.35 Å². The van der Waals surface area contributed by atoms with Crippen molar-refractivity contribution in [2.75, 3.05) is 0 Å². The van der Waals surface area contributed by atoms with E-state index in [1.807, 2.05) is 18.3 Å². The Labute approximate surface area is 122 Å². The molecule has 2 heterocycles. The van der Waals surface area contributed by atoms with Crippen LogP contribution < -0.4 is 0 Å². The van der Waals surface area contributed by atoms with Crippen molar-refractivity contribution in [1.82, 2.24) is 0 Å². The number of nitriles is 1. The SMILES string of the molecule is N#Cc1c(/N=C/c2ccc(Br)s2)sc2c1CCC2. The number of hydrogen-bond donors (Lipinski definition) is 0. The normalized spacial score (nSPS) is 14.0. The van der Waals surface area contributed by atoms with Crippen molar-refractivity contribution in [2.24, 2.45) is 4.99 Å². The monoisotopic (exact) mass is 336 g/mol. The molecule has 1 aliphatic carbocycles. The highest BCUT2D eigenvalue weighted by molar-refractivity contribution is 9.11. The minimum Gasteiger partial charge on any atom is -0.243 e. The summed E-state index contributed by atoms with van der Waals surface area (Å²) in [7, 11) is 0. The van der Waals surface area contributed by atoms with Gasteiger partial charge in [0.1, 0.15) is 11.1 Å². The highest BCUT2D eigenvalue weighted by Gasteiger charge is 2.21. The summed E-state index contributed by atoms with van der Waals surface area (Å²) in [4.78, 5) is 6.93. The molecule has 0 aromatic carbocycles. The van der Waals surface area contributed by atoms with Crippen LogP contribution in [0.3, 0.4) is 0 Å². The lowest BCUT2D eigenvalue weighted by atomic mass is 10.1. The van der Waals surface area contributed by atoms with Crippen molar-refractivity contribution >= 4 is 49.8 Å². The van der Waals surface area contributed by atoms with Crippen LogP contribution in [0.5, 0.6) is 0 Å². The van der Waals surface area contributed by atoms with Gasteiger partial charge in [-0.2, -0.15) is 5.26 Å². The number of aryl methyl sites for hydroxylation is 1. The summed E-state index contributed by atoms with van der Waals surface area (Å²) >= 11 is 6.74. The Morgan fingerprint density at radius 1 is 1.33 bits per heavy atom. The molecule has 0 fully saturated rings. The molecule has 0 unspecified atom stereocenters. The van der Waals surface area contributed by atoms with Gasteiger partial charge in [0.15, 0.2) is 0 Å². The van der Waals surface area contributed by atoms with Gasteiger partial charge in [-0.3, -0.25) is 0 Å². The first kappa shape index (κ1) is 12.1. The van der Waals surface area contributed by atoms with Gasteiger partial charge >= 0.3 is 0 Å². The summed E-state index contributed by atoms with van der Waals surface area (Å²) in [5.41, 5.74) is 2.03. The molecule has 1 aliphatic rings. The molecule has 0 aliphatic heterocycles. The second kappa shape index (κ2) is 4.96. The number of nitrogens with zero attached hydrogens (tertiary/aromatic N) is 2. The smallest absolute Gasteiger partial charge is 0.134 e. The first-order valence-corrected chi connectivity index (χ1v) is 8.04. The maximum absolute atomic E-state index is 9.25. The van der Waals surface area contributed by atoms with Gasteiger partial charge in [0.2, 0.25) is 0 Å². The van der Waals surface area contributed by atoms with E-state index in [0.29, 0.717) is 0 Å². The molecule has 0 spiro atoms. The standard InChI is InChI=1S/C13H9BrN2S2/c14-12-5-4-8(17-12)7-16-13-10(6-15)9-2-1-3-11(9)18-13/h4-5,7H,1-3H2/b16-7+. The van der Waals surface area contributed by atoms with Gasteiger partial charge in [0, 0.05) is 16.0 Å². The van der Waals surface area contributed by atoms with Crippen LogP contribution in [-0.4, -0.2) is 6.21 Å². The number of fused-ring (bicyclic) bond motifs is 1. The lowest BCUT2D eigenvalue weighted by Gasteiger charge is -1.91. The third-order valence-corrected chi connectivity index (χ3v) is 5.68. The largest absolute Gasteiger partial charge is 0.243 e. The molecule has 90 valence electrons. The van der Waals surface area contributed by atoms with Gasteiger partial charge in [-0.25, -0.2) is 4.99 Å². The highest BCUT2D eigenvalue weighted by Crippen LogP contribution is 2.40. The van der Waals surface area contributed by atoms with Crippen molar-refractivity contribution in [1.29, 1.82) is 5.26 Å². The molecule has 0 saturated heterocycles. The minimum absolute atomic E-state index is 0.791. The summed E-state index contributed by atoms with van der Waals surface area (Å²) in [6.45, 7) is 0. The van der Waals surface area contributed by atoms with E-state index in [2.05, 4.69) is 27.0 Å². The Balaban J connectivity index is 1.94. The molecule has 5 heteroatoms. The van der Waals surface area contributed by atoms with Gasteiger partial charge < -0.3 is 0 Å². The fourth-order valence-electron chi connectivity index (χ4n) is 2.12. The first-order valence-electron chi connectivity index (χ1n) is 5.62. The maximum Gasteiger partial charge on any atom is 0.134 e. The number of halogens is 1. The van der Waals surface area contributed by atoms with E-state index in [0.717, 1.165) is 32.1 Å². The lowest BCUT2D eigenvalue weighted by Crippen LogP contribution is -1.80. The average molecular weight is 337 g/mol. The van der Waals surface area contributed by atoms with Crippen LogP contribution in [0.1, 0.15) is 27.3 Å². The Morgan fingerprint density at radius 2 is 2.22 bits per heavy atom. The molecule has 0 N–H and O–H groups in total. The topological polar surface area (TPSA) is 36.1 Å². The number of thiophene rings is 2. The second-order valence-corrected chi connectivity index (χ2v) is 7.63. The zero-order chi connectivity index (χ0) is 12.5. The third kappa shape index (κ3) is 2.16. The van der Waals surface area contributed by atoms with Crippen molar-refractivity contribution in [3.05, 3.63) is 36.8 Å². The van der Waals surface area contributed by atoms with Crippen molar-refractivity contribution in [3.8, 4) is 6.07 Å². The van der Waals surface area contributed by atoms with Crippen LogP contribution >= 0.6 is 38.6 Å². The third-order valence-electron chi connectivity index (χ3n) is 2.92. The second-order valence-electron chi connectivity index (χ2n) is 4.05. The Bertz CT molecular complexity index is 661. The van der Waals surface area contributed by atoms with Crippen LogP contribution in [0.15, 0.2) is 20.9 Å². The van der Waals surface area contributed by atoms with Gasteiger partial charge in [-0.1, -0.05) is 0 Å². The molecular formula is C13H9BrN2S2. The lowest BCUT2D eigenvalue weighted by molar-refractivity contribution is 0.913. The molecule has 0 saturated carbocycles. The van der Waals surface area contributed by atoms with E-state index >= 15 is 0 Å². The summed E-state index contributed by atoms with van der Waals surface area (Å²) in [5, 5.41) is 10.1. The number of rotatable bonds is 2. The van der Waals surface area contributed by atoms with Gasteiger partial charge in [-0.15, -0.1) is 22.7 Å². The molecule has 2 aromatic rings. The molecule has 0 amide bonds. The molecule has 0 atom stereocenters. The zero-order valence-corrected chi connectivity index (χ0v) is 12.7. The number of hydrogen-bond acceptors (Lipinski definition) is 4. The van der Waals surface area contributed by atoms with E-state index in [4.69, 9.17) is 0 Å². The van der Waals surface area contributed by atoms with Crippen LogP contribution in [0, 0.1) is 11.3 Å². The molecule has 2 aromatic heterocycles. The van der Waals surface area contributed by atoms with E-state index in [-0.39, 0.29) is 0 Å². The Kier molecular flexibility index (Phi) is 3.33. The van der Waals surface area contributed by atoms with Gasteiger partial charge in [0.25, 0.3) is 0 Å². The molecule has 2 nitrogen and oxygen atoms in total. The fraction of sp³-hybridized carbons (Fsp3) is 0.231. The first-order chi connectivity index (χ1) is 8.78. The van der Waals surface area contributed by atoms with Crippen LogP contribution in [0.2, 0.25) is 0 Å². The molecule has 3 rings (SSSR count). The Hall–Kier alpha value is -0.960. The van der Waals surface area contributed by atoms with Crippen LogP contribution in [0.25, 0.3) is 0 Å². The molecule has 18 heavy (non-hydrogen) atoms. The van der Waals surface area contributed by atoms with E-state index in [9.17, 15) is 5.26 Å². The van der Waals surface area contributed by atoms with Crippen molar-refractivity contribution < 1.29 is 0 Å². The number of aliphatic imine (C=N–C) groups is 1. The minimum atomic E-state index is 0.791. The zero-order valence-electron chi connectivity index (χ0n) is 9.44. The average Bonchev–Trinajstić information content (AvgIpc) is 3.01. The Morgan fingerprint density at radius 3 is 2.94 bits per heavy atom. The predicted molar refractivity (Wildman–Crippen MR) is 80.3 cm³/mol. The van der Waals surface area contributed by atoms with Gasteiger partial charge in [-0.05, 0) is 52.9 Å². The highest BCUT2D eigenvalue weighted by atomic mass is 79.9. The predicted octanol–water partition coefficient (Wildman–Crippen LogP) is 4.68. The summed E-state index contributed by atoms with van der Waals surface area (Å²) < 4.78 is 1.10. The molecular weight excluding hydrogens is 328 g/mol. The molecule has 0 bridgehead atoms.